The zero-order chi connectivity index (χ0) is 13.9. The van der Waals surface area contributed by atoms with Crippen molar-refractivity contribution in [2.24, 2.45) is 5.73 Å². The molecular weight excluding hydrogens is 256 g/mol. The predicted octanol–water partition coefficient (Wildman–Crippen LogP) is 0.991. The number of para-hydroxylation sites is 1. The molecule has 0 spiro atoms. The molecule has 20 heavy (non-hydrogen) atoms. The van der Waals surface area contributed by atoms with Gasteiger partial charge in [0.1, 0.15) is 17.7 Å². The Kier molecular flexibility index (Phi) is 3.20. The molecule has 1 aromatic carbocycles. The highest BCUT2D eigenvalue weighted by atomic mass is 16.5. The molecular formula is C14H14N4O2. The molecule has 1 unspecified atom stereocenters. The Morgan fingerprint density at radius 2 is 2.15 bits per heavy atom. The summed E-state index contributed by atoms with van der Waals surface area (Å²) >= 11 is 0. The number of carbonyl (C=O) groups excluding carboxylic acids is 1. The first-order chi connectivity index (χ1) is 9.72. The van der Waals surface area contributed by atoms with Gasteiger partial charge < -0.3 is 15.8 Å². The topological polar surface area (TPSA) is 90.1 Å². The Hall–Kier alpha value is -2.63. The number of rotatable bonds is 4. The molecule has 102 valence electrons. The SMILES string of the molecule is NC(=O)c1ccc(NCC2Cc3ccccc3O2)nn1. The highest BCUT2D eigenvalue weighted by molar-refractivity contribution is 5.90. The summed E-state index contributed by atoms with van der Waals surface area (Å²) in [5.74, 6) is 0.947. The first kappa shape index (κ1) is 12.4. The van der Waals surface area contributed by atoms with Crippen molar-refractivity contribution in [2.45, 2.75) is 12.5 Å². The summed E-state index contributed by atoms with van der Waals surface area (Å²) in [6.45, 7) is 0.624. The zero-order valence-electron chi connectivity index (χ0n) is 10.7. The maximum atomic E-state index is 10.9. The molecule has 0 bridgehead atoms. The maximum Gasteiger partial charge on any atom is 0.269 e. The van der Waals surface area contributed by atoms with E-state index in [4.69, 9.17) is 10.5 Å². The lowest BCUT2D eigenvalue weighted by atomic mass is 10.1. The van der Waals surface area contributed by atoms with Gasteiger partial charge in [0.05, 0.1) is 6.54 Å². The van der Waals surface area contributed by atoms with Gasteiger partial charge in [0.15, 0.2) is 5.69 Å². The van der Waals surface area contributed by atoms with Gasteiger partial charge in [-0.3, -0.25) is 4.79 Å². The van der Waals surface area contributed by atoms with Crippen LogP contribution in [0.5, 0.6) is 5.75 Å². The fourth-order valence-electron chi connectivity index (χ4n) is 2.14. The second-order valence-corrected chi connectivity index (χ2v) is 4.60. The van der Waals surface area contributed by atoms with Gasteiger partial charge in [-0.1, -0.05) is 18.2 Å². The number of anilines is 1. The fraction of sp³-hybridized carbons (Fsp3) is 0.214. The van der Waals surface area contributed by atoms with Gasteiger partial charge in [-0.2, -0.15) is 0 Å². The quantitative estimate of drug-likeness (QED) is 0.864. The number of primary amides is 1. The van der Waals surface area contributed by atoms with E-state index in [9.17, 15) is 4.79 Å². The number of nitrogens with one attached hydrogen (secondary N) is 1. The van der Waals surface area contributed by atoms with Gasteiger partial charge in [-0.25, -0.2) is 0 Å². The molecule has 0 radical (unpaired) electrons. The first-order valence-corrected chi connectivity index (χ1v) is 6.34. The van der Waals surface area contributed by atoms with E-state index in [0.29, 0.717) is 12.4 Å². The van der Waals surface area contributed by atoms with Crippen LogP contribution >= 0.6 is 0 Å². The van der Waals surface area contributed by atoms with Crippen molar-refractivity contribution in [3.8, 4) is 5.75 Å². The largest absolute Gasteiger partial charge is 0.488 e. The minimum atomic E-state index is -0.585. The highest BCUT2D eigenvalue weighted by Crippen LogP contribution is 2.28. The van der Waals surface area contributed by atoms with Gasteiger partial charge >= 0.3 is 0 Å². The molecule has 1 aliphatic heterocycles. The van der Waals surface area contributed by atoms with Crippen LogP contribution in [0.4, 0.5) is 5.82 Å². The van der Waals surface area contributed by atoms with Crippen LogP contribution in [0.25, 0.3) is 0 Å². The number of fused-ring (bicyclic) bond motifs is 1. The summed E-state index contributed by atoms with van der Waals surface area (Å²) in [6, 6.07) is 11.2. The van der Waals surface area contributed by atoms with Crippen molar-refractivity contribution in [3.63, 3.8) is 0 Å². The van der Waals surface area contributed by atoms with Crippen molar-refractivity contribution in [1.29, 1.82) is 0 Å². The smallest absolute Gasteiger partial charge is 0.269 e. The Balaban J connectivity index is 1.57. The minimum Gasteiger partial charge on any atom is -0.488 e. The molecule has 3 N–H and O–H groups in total. The predicted molar refractivity (Wildman–Crippen MR) is 73.6 cm³/mol. The summed E-state index contributed by atoms with van der Waals surface area (Å²) < 4.78 is 5.81. The summed E-state index contributed by atoms with van der Waals surface area (Å²) in [7, 11) is 0. The molecule has 2 aromatic rings. The van der Waals surface area contributed by atoms with E-state index in [1.807, 2.05) is 18.2 Å². The maximum absolute atomic E-state index is 10.9. The van der Waals surface area contributed by atoms with Crippen molar-refractivity contribution >= 4 is 11.7 Å². The van der Waals surface area contributed by atoms with Gasteiger partial charge in [0, 0.05) is 6.42 Å². The number of aromatic nitrogens is 2. The van der Waals surface area contributed by atoms with E-state index < -0.39 is 5.91 Å². The van der Waals surface area contributed by atoms with Crippen LogP contribution in [-0.4, -0.2) is 28.8 Å². The van der Waals surface area contributed by atoms with Gasteiger partial charge in [-0.05, 0) is 23.8 Å². The lowest BCUT2D eigenvalue weighted by Crippen LogP contribution is -2.24. The van der Waals surface area contributed by atoms with E-state index in [1.54, 1.807) is 12.1 Å². The molecule has 0 fully saturated rings. The second kappa shape index (κ2) is 5.16. The number of amides is 1. The van der Waals surface area contributed by atoms with Crippen molar-refractivity contribution < 1.29 is 9.53 Å². The second-order valence-electron chi connectivity index (χ2n) is 4.60. The fourth-order valence-corrected chi connectivity index (χ4v) is 2.14. The monoisotopic (exact) mass is 270 g/mol. The lowest BCUT2D eigenvalue weighted by Gasteiger charge is -2.11. The van der Waals surface area contributed by atoms with Gasteiger partial charge in [0.25, 0.3) is 5.91 Å². The molecule has 1 aliphatic rings. The van der Waals surface area contributed by atoms with Crippen molar-refractivity contribution in [2.75, 3.05) is 11.9 Å². The Morgan fingerprint density at radius 1 is 1.30 bits per heavy atom. The van der Waals surface area contributed by atoms with Crippen LogP contribution in [0, 0.1) is 0 Å². The lowest BCUT2D eigenvalue weighted by molar-refractivity contribution is 0.0994. The molecule has 6 heteroatoms. The molecule has 1 aromatic heterocycles. The number of hydrogen-bond acceptors (Lipinski definition) is 5. The van der Waals surface area contributed by atoms with Crippen LogP contribution < -0.4 is 15.8 Å². The number of hydrogen-bond donors (Lipinski definition) is 2. The molecule has 3 rings (SSSR count). The Bertz CT molecular complexity index is 602. The first-order valence-electron chi connectivity index (χ1n) is 6.34. The third-order valence-electron chi connectivity index (χ3n) is 3.14. The third kappa shape index (κ3) is 2.54. The van der Waals surface area contributed by atoms with E-state index in [-0.39, 0.29) is 11.8 Å². The van der Waals surface area contributed by atoms with E-state index in [2.05, 4.69) is 21.6 Å². The average Bonchev–Trinajstić information content (AvgIpc) is 2.88. The average molecular weight is 270 g/mol. The summed E-state index contributed by atoms with van der Waals surface area (Å²) in [4.78, 5) is 10.9. The summed E-state index contributed by atoms with van der Waals surface area (Å²) in [5, 5.41) is 10.8. The van der Waals surface area contributed by atoms with Gasteiger partial charge in [-0.15, -0.1) is 10.2 Å². The van der Waals surface area contributed by atoms with Crippen LogP contribution in [0.15, 0.2) is 36.4 Å². The minimum absolute atomic E-state index is 0.0741. The van der Waals surface area contributed by atoms with Crippen LogP contribution in [0.2, 0.25) is 0 Å². The molecule has 2 heterocycles. The van der Waals surface area contributed by atoms with Crippen LogP contribution in [0.3, 0.4) is 0 Å². The van der Waals surface area contributed by atoms with Crippen molar-refractivity contribution in [1.82, 2.24) is 10.2 Å². The molecule has 6 nitrogen and oxygen atoms in total. The van der Waals surface area contributed by atoms with Crippen molar-refractivity contribution in [3.05, 3.63) is 47.7 Å². The normalized spacial score (nSPS) is 16.3. The summed E-state index contributed by atoms with van der Waals surface area (Å²) in [6.07, 6.45) is 0.945. The standard InChI is InChI=1S/C14H14N4O2/c15-14(19)11-5-6-13(18-17-11)16-8-10-7-9-3-1-2-4-12(9)20-10/h1-6,10H,7-8H2,(H2,15,19)(H,16,18). The third-order valence-corrected chi connectivity index (χ3v) is 3.14. The molecule has 0 saturated heterocycles. The zero-order valence-corrected chi connectivity index (χ0v) is 10.7. The molecule has 1 amide bonds. The Morgan fingerprint density at radius 3 is 2.85 bits per heavy atom. The van der Waals surface area contributed by atoms with Crippen LogP contribution in [0.1, 0.15) is 16.1 Å². The summed E-state index contributed by atoms with van der Waals surface area (Å²) in [5.41, 5.74) is 6.47. The van der Waals surface area contributed by atoms with E-state index >= 15 is 0 Å². The van der Waals surface area contributed by atoms with Gasteiger partial charge in [0.2, 0.25) is 0 Å². The molecule has 0 saturated carbocycles. The Labute approximate surface area is 116 Å². The number of benzene rings is 1. The number of nitrogens with zero attached hydrogens (tertiary/aromatic N) is 2. The van der Waals surface area contributed by atoms with E-state index in [1.165, 1.54) is 5.56 Å². The number of carbonyl (C=O) groups is 1. The number of nitrogens with two attached hydrogens (primary N) is 1. The molecule has 1 atom stereocenters. The number of ether oxygens (including phenoxy) is 1. The highest BCUT2D eigenvalue weighted by Gasteiger charge is 2.21. The molecule has 0 aliphatic carbocycles. The van der Waals surface area contributed by atoms with Crippen LogP contribution in [-0.2, 0) is 6.42 Å². The van der Waals surface area contributed by atoms with E-state index in [0.717, 1.165) is 12.2 Å².